The summed E-state index contributed by atoms with van der Waals surface area (Å²) in [5.74, 6) is 0.979. The molecule has 2 rings (SSSR count). The van der Waals surface area contributed by atoms with Gasteiger partial charge in [-0.05, 0) is 33.1 Å². The van der Waals surface area contributed by atoms with Gasteiger partial charge in [-0.15, -0.1) is 11.3 Å². The monoisotopic (exact) mass is 238 g/mol. The Morgan fingerprint density at radius 2 is 2.25 bits per heavy atom. The molecule has 1 aromatic heterocycles. The van der Waals surface area contributed by atoms with Gasteiger partial charge in [-0.2, -0.15) is 0 Å². The van der Waals surface area contributed by atoms with Gasteiger partial charge in [0.05, 0.1) is 6.04 Å². The topological polar surface area (TPSA) is 24.9 Å². The molecule has 3 heteroatoms. The number of nitrogens with zero attached hydrogens (tertiary/aromatic N) is 1. The third-order valence-electron chi connectivity index (χ3n) is 3.46. The van der Waals surface area contributed by atoms with Crippen LogP contribution in [0.25, 0.3) is 0 Å². The van der Waals surface area contributed by atoms with Gasteiger partial charge < -0.3 is 5.32 Å². The molecule has 1 heterocycles. The fraction of sp³-hybridized carbons (Fsp3) is 0.769. The molecule has 0 saturated heterocycles. The van der Waals surface area contributed by atoms with Gasteiger partial charge in [-0.25, -0.2) is 4.98 Å². The summed E-state index contributed by atoms with van der Waals surface area (Å²) in [6.07, 6.45) is 7.62. The van der Waals surface area contributed by atoms with Crippen LogP contribution in [0.1, 0.15) is 55.5 Å². The Morgan fingerprint density at radius 1 is 1.50 bits per heavy atom. The molecule has 2 unspecified atom stereocenters. The zero-order valence-electron chi connectivity index (χ0n) is 10.5. The molecular weight excluding hydrogens is 216 g/mol. The molecule has 90 valence electrons. The van der Waals surface area contributed by atoms with Crippen LogP contribution in [0, 0.1) is 12.8 Å². The molecule has 16 heavy (non-hydrogen) atoms. The first-order valence-electron chi connectivity index (χ1n) is 6.33. The molecular formula is C13H22N2S. The third kappa shape index (κ3) is 3.05. The summed E-state index contributed by atoms with van der Waals surface area (Å²) in [4.78, 5) is 5.74. The van der Waals surface area contributed by atoms with Gasteiger partial charge >= 0.3 is 0 Å². The molecule has 2 atom stereocenters. The van der Waals surface area contributed by atoms with Crippen molar-refractivity contribution in [2.45, 2.75) is 58.5 Å². The summed E-state index contributed by atoms with van der Waals surface area (Å²) < 4.78 is 0. The standard InChI is InChI=1S/C13H22N2S/c1-9(7-12-5-4-6-12)15-11(3)13-14-8-10(2)16-13/h8-9,11-12,15H,4-7H2,1-3H3. The van der Waals surface area contributed by atoms with Crippen molar-refractivity contribution in [3.63, 3.8) is 0 Å². The summed E-state index contributed by atoms with van der Waals surface area (Å²) >= 11 is 1.80. The quantitative estimate of drug-likeness (QED) is 0.846. The number of nitrogens with one attached hydrogen (secondary N) is 1. The summed E-state index contributed by atoms with van der Waals surface area (Å²) in [7, 11) is 0. The van der Waals surface area contributed by atoms with Gasteiger partial charge in [0.1, 0.15) is 5.01 Å². The Labute approximate surface area is 102 Å². The molecule has 1 fully saturated rings. The lowest BCUT2D eigenvalue weighted by Crippen LogP contribution is -2.32. The molecule has 0 amide bonds. The van der Waals surface area contributed by atoms with Crippen LogP contribution in [-0.4, -0.2) is 11.0 Å². The third-order valence-corrected chi connectivity index (χ3v) is 4.55. The molecule has 1 saturated carbocycles. The van der Waals surface area contributed by atoms with Crippen molar-refractivity contribution in [1.29, 1.82) is 0 Å². The number of rotatable bonds is 5. The van der Waals surface area contributed by atoms with Crippen molar-refractivity contribution >= 4 is 11.3 Å². The molecule has 1 aromatic rings. The van der Waals surface area contributed by atoms with Crippen molar-refractivity contribution < 1.29 is 0 Å². The van der Waals surface area contributed by atoms with E-state index < -0.39 is 0 Å². The maximum atomic E-state index is 4.44. The Balaban J connectivity index is 1.79. The van der Waals surface area contributed by atoms with E-state index in [1.54, 1.807) is 11.3 Å². The van der Waals surface area contributed by atoms with Crippen LogP contribution in [0.5, 0.6) is 0 Å². The molecule has 0 spiro atoms. The second-order valence-corrected chi connectivity index (χ2v) is 6.40. The highest BCUT2D eigenvalue weighted by atomic mass is 32.1. The lowest BCUT2D eigenvalue weighted by Gasteiger charge is -2.29. The van der Waals surface area contributed by atoms with E-state index in [2.05, 4.69) is 31.1 Å². The van der Waals surface area contributed by atoms with Gasteiger partial charge in [-0.3, -0.25) is 0 Å². The van der Waals surface area contributed by atoms with Crippen molar-refractivity contribution in [3.05, 3.63) is 16.1 Å². The van der Waals surface area contributed by atoms with Crippen LogP contribution in [0.2, 0.25) is 0 Å². The van der Waals surface area contributed by atoms with Crippen LogP contribution in [-0.2, 0) is 0 Å². The lowest BCUT2D eigenvalue weighted by molar-refractivity contribution is 0.259. The average molecular weight is 238 g/mol. The predicted octanol–water partition coefficient (Wildman–Crippen LogP) is 3.68. The van der Waals surface area contributed by atoms with Crippen LogP contribution in [0.15, 0.2) is 6.20 Å². The van der Waals surface area contributed by atoms with Crippen LogP contribution in [0.3, 0.4) is 0 Å². The van der Waals surface area contributed by atoms with E-state index in [9.17, 15) is 0 Å². The highest BCUT2D eigenvalue weighted by molar-refractivity contribution is 7.11. The van der Waals surface area contributed by atoms with E-state index in [1.165, 1.54) is 35.6 Å². The normalized spacial score (nSPS) is 20.4. The average Bonchev–Trinajstić information content (AvgIpc) is 2.58. The number of thiazole rings is 1. The van der Waals surface area contributed by atoms with Gasteiger partial charge in [0, 0.05) is 17.1 Å². The van der Waals surface area contributed by atoms with E-state index in [0.29, 0.717) is 12.1 Å². The van der Waals surface area contributed by atoms with E-state index >= 15 is 0 Å². The summed E-state index contributed by atoms with van der Waals surface area (Å²) in [5.41, 5.74) is 0. The second kappa shape index (κ2) is 5.28. The second-order valence-electron chi connectivity index (χ2n) is 5.13. The zero-order valence-corrected chi connectivity index (χ0v) is 11.3. The minimum atomic E-state index is 0.397. The van der Waals surface area contributed by atoms with Crippen LogP contribution >= 0.6 is 11.3 Å². The van der Waals surface area contributed by atoms with E-state index in [-0.39, 0.29) is 0 Å². The summed E-state index contributed by atoms with van der Waals surface area (Å²) in [6.45, 7) is 6.64. The SMILES string of the molecule is Cc1cnc(C(C)NC(C)CC2CCC2)s1. The fourth-order valence-electron chi connectivity index (χ4n) is 2.37. The molecule has 0 aliphatic heterocycles. The van der Waals surface area contributed by atoms with E-state index in [4.69, 9.17) is 0 Å². The Bertz CT molecular complexity index is 330. The van der Waals surface area contributed by atoms with Gasteiger partial charge in [0.2, 0.25) is 0 Å². The minimum absolute atomic E-state index is 0.397. The highest BCUT2D eigenvalue weighted by Gasteiger charge is 2.21. The number of hydrogen-bond acceptors (Lipinski definition) is 3. The van der Waals surface area contributed by atoms with E-state index in [1.807, 2.05) is 6.20 Å². The van der Waals surface area contributed by atoms with Crippen molar-refractivity contribution in [2.75, 3.05) is 0 Å². The summed E-state index contributed by atoms with van der Waals surface area (Å²) in [6, 6.07) is 1.01. The molecule has 0 bridgehead atoms. The maximum absolute atomic E-state index is 4.44. The maximum Gasteiger partial charge on any atom is 0.109 e. The molecule has 0 radical (unpaired) electrons. The van der Waals surface area contributed by atoms with E-state index in [0.717, 1.165) is 5.92 Å². The smallest absolute Gasteiger partial charge is 0.109 e. The Hall–Kier alpha value is -0.410. The Kier molecular flexibility index (Phi) is 3.98. The molecule has 1 aliphatic carbocycles. The largest absolute Gasteiger partial charge is 0.306 e. The first kappa shape index (κ1) is 12.1. The predicted molar refractivity (Wildman–Crippen MR) is 69.8 cm³/mol. The highest BCUT2D eigenvalue weighted by Crippen LogP contribution is 2.31. The first-order chi connectivity index (χ1) is 7.65. The molecule has 1 aliphatic rings. The fourth-order valence-corrected chi connectivity index (χ4v) is 3.15. The zero-order chi connectivity index (χ0) is 11.5. The van der Waals surface area contributed by atoms with Gasteiger partial charge in [-0.1, -0.05) is 19.3 Å². The lowest BCUT2D eigenvalue weighted by atomic mass is 9.81. The number of hydrogen-bond donors (Lipinski definition) is 1. The van der Waals surface area contributed by atoms with Crippen LogP contribution < -0.4 is 5.32 Å². The molecule has 0 aromatic carbocycles. The van der Waals surface area contributed by atoms with Gasteiger partial charge in [0.25, 0.3) is 0 Å². The first-order valence-corrected chi connectivity index (χ1v) is 7.15. The van der Waals surface area contributed by atoms with Crippen molar-refractivity contribution in [1.82, 2.24) is 10.3 Å². The molecule has 1 N–H and O–H groups in total. The van der Waals surface area contributed by atoms with Crippen LogP contribution in [0.4, 0.5) is 0 Å². The summed E-state index contributed by atoms with van der Waals surface area (Å²) in [5, 5.41) is 4.88. The Morgan fingerprint density at radius 3 is 2.75 bits per heavy atom. The van der Waals surface area contributed by atoms with Gasteiger partial charge in [0.15, 0.2) is 0 Å². The minimum Gasteiger partial charge on any atom is -0.306 e. The number of aromatic nitrogens is 1. The van der Waals surface area contributed by atoms with Crippen molar-refractivity contribution in [3.8, 4) is 0 Å². The molecule has 2 nitrogen and oxygen atoms in total. The van der Waals surface area contributed by atoms with Crippen molar-refractivity contribution in [2.24, 2.45) is 5.92 Å². The number of aryl methyl sites for hydroxylation is 1.